The number of aromatic hydroxyl groups is 1. The number of benzene rings is 7. The second-order valence-corrected chi connectivity index (χ2v) is 13.9. The van der Waals surface area contributed by atoms with E-state index < -0.39 is 0 Å². The van der Waals surface area contributed by atoms with Crippen LogP contribution < -0.4 is 179 Å². The molecular formula is C47H45Br2ClCuK3O11. The molecule has 6 N–H and O–H groups in total. The fraction of sp³-hybridized carbons (Fsp3) is 0.106. The number of hydrogen-bond donors (Lipinski definition) is 5. The van der Waals surface area contributed by atoms with Crippen molar-refractivity contribution in [1.82, 2.24) is 0 Å². The quantitative estimate of drug-likeness (QED) is 0.129. The van der Waals surface area contributed by atoms with Gasteiger partial charge in [0.1, 0.15) is 34.5 Å². The minimum Gasteiger partial charge on any atom is -0.872 e. The van der Waals surface area contributed by atoms with Gasteiger partial charge in [-0.15, -0.1) is 11.5 Å². The SMILES string of the molecule is Brc1cccc(Br)c1.COc1cccc(Oc2cccc(Oc3cccc(CO)c3)c2)c1.OCc1cccc(O)c1.[Cl][Cu].[K+].[K+].[K+].[O-]c1cccc(CO)c1.[O-]c1cccc(CO)c1.[OH-]. The molecule has 0 spiro atoms. The molecule has 0 aromatic heterocycles. The summed E-state index contributed by atoms with van der Waals surface area (Å²) in [5.41, 5.74) is 2.87. The smallest absolute Gasteiger partial charge is 0.872 e. The molecule has 0 aliphatic carbocycles. The van der Waals surface area contributed by atoms with Crippen LogP contribution in [0.1, 0.15) is 22.3 Å². The van der Waals surface area contributed by atoms with E-state index in [0.29, 0.717) is 34.1 Å². The van der Waals surface area contributed by atoms with E-state index >= 15 is 0 Å². The summed E-state index contributed by atoms with van der Waals surface area (Å²) in [7, 11) is 5.82. The first-order chi connectivity index (χ1) is 29.5. The first-order valence-electron chi connectivity index (χ1n) is 18.0. The Kier molecular flexibility index (Phi) is 45.4. The molecule has 0 amide bonds. The van der Waals surface area contributed by atoms with Crippen LogP contribution in [0.4, 0.5) is 0 Å². The van der Waals surface area contributed by atoms with E-state index in [1.165, 1.54) is 30.3 Å². The van der Waals surface area contributed by atoms with E-state index in [1.807, 2.05) is 91.0 Å². The molecule has 0 heterocycles. The zero-order valence-corrected chi connectivity index (χ0v) is 50.4. The topological polar surface area (TPSA) is 205 Å². The second-order valence-electron chi connectivity index (χ2n) is 12.0. The third-order valence-electron chi connectivity index (χ3n) is 7.44. The van der Waals surface area contributed by atoms with Crippen molar-refractivity contribution in [3.8, 4) is 46.0 Å². The molecule has 0 atom stereocenters. The van der Waals surface area contributed by atoms with E-state index in [9.17, 15) is 15.3 Å². The maximum atomic E-state index is 10.5. The Balaban J connectivity index is -0.000000789. The normalized spacial score (nSPS) is 8.95. The molecule has 65 heavy (non-hydrogen) atoms. The molecule has 334 valence electrons. The summed E-state index contributed by atoms with van der Waals surface area (Å²) in [6, 6.07) is 49.1. The average molecular weight is 1160 g/mol. The first kappa shape index (κ1) is 69.1. The number of aliphatic hydroxyl groups excluding tert-OH is 4. The van der Waals surface area contributed by atoms with Gasteiger partial charge in [-0.1, -0.05) is 123 Å². The van der Waals surface area contributed by atoms with E-state index in [-0.39, 0.29) is 203 Å². The number of aliphatic hydroxyl groups is 4. The zero-order valence-electron chi connectivity index (χ0n) is 36.2. The molecule has 0 unspecified atom stereocenters. The summed E-state index contributed by atoms with van der Waals surface area (Å²) >= 11 is 10.3. The Labute approximate surface area is 537 Å². The monoisotopic (exact) mass is 1160 g/mol. The van der Waals surface area contributed by atoms with Gasteiger partial charge in [-0.3, -0.25) is 0 Å². The summed E-state index contributed by atoms with van der Waals surface area (Å²) in [4.78, 5) is 0. The van der Waals surface area contributed by atoms with Crippen molar-refractivity contribution in [3.63, 3.8) is 0 Å². The number of phenolic OH excluding ortho intramolecular Hbond substituents is 1. The van der Waals surface area contributed by atoms with Crippen molar-refractivity contribution in [3.05, 3.63) is 201 Å². The Morgan fingerprint density at radius 1 is 0.446 bits per heavy atom. The van der Waals surface area contributed by atoms with Gasteiger partial charge in [-0.05, 0) is 89.0 Å². The molecule has 0 radical (unpaired) electrons. The van der Waals surface area contributed by atoms with Crippen molar-refractivity contribution in [2.45, 2.75) is 26.4 Å². The van der Waals surface area contributed by atoms with Gasteiger partial charge in [0.15, 0.2) is 0 Å². The maximum Gasteiger partial charge on any atom is 1.00 e. The minimum absolute atomic E-state index is 0. The van der Waals surface area contributed by atoms with E-state index in [2.05, 4.69) is 57.1 Å². The third-order valence-corrected chi connectivity index (χ3v) is 8.43. The van der Waals surface area contributed by atoms with Crippen LogP contribution in [-0.4, -0.2) is 38.1 Å². The van der Waals surface area contributed by atoms with Crippen molar-refractivity contribution in [2.75, 3.05) is 7.11 Å². The van der Waals surface area contributed by atoms with Crippen molar-refractivity contribution in [2.24, 2.45) is 0 Å². The molecule has 0 aliphatic heterocycles. The molecule has 0 saturated carbocycles. The summed E-state index contributed by atoms with van der Waals surface area (Å²) in [6.07, 6.45) is 0. The van der Waals surface area contributed by atoms with Gasteiger partial charge in [0, 0.05) is 21.1 Å². The zero-order chi connectivity index (χ0) is 44.8. The van der Waals surface area contributed by atoms with Crippen LogP contribution in [0.2, 0.25) is 0 Å². The van der Waals surface area contributed by atoms with Crippen LogP contribution in [0.25, 0.3) is 0 Å². The molecule has 0 fully saturated rings. The second kappa shape index (κ2) is 42.7. The number of ether oxygens (including phenoxy) is 3. The number of phenols is 1. The van der Waals surface area contributed by atoms with E-state index in [4.69, 9.17) is 34.6 Å². The van der Waals surface area contributed by atoms with Crippen LogP contribution in [0.3, 0.4) is 0 Å². The Bertz CT molecular complexity index is 2110. The number of methoxy groups -OCH3 is 1. The van der Waals surface area contributed by atoms with Gasteiger partial charge in [0.2, 0.25) is 0 Å². The van der Waals surface area contributed by atoms with Crippen LogP contribution in [-0.2, 0) is 41.5 Å². The first-order valence-corrected chi connectivity index (χ1v) is 20.9. The fourth-order valence-corrected chi connectivity index (χ4v) is 5.75. The predicted molar refractivity (Wildman–Crippen MR) is 239 cm³/mol. The molecule has 0 aliphatic rings. The van der Waals surface area contributed by atoms with Crippen LogP contribution in [0, 0.1) is 0 Å². The molecular weight excluding hydrogens is 1120 g/mol. The van der Waals surface area contributed by atoms with Crippen molar-refractivity contribution < 1.29 is 225 Å². The number of halogens is 3. The van der Waals surface area contributed by atoms with Gasteiger partial charge >= 0.3 is 179 Å². The minimum atomic E-state index is -0.0594. The van der Waals surface area contributed by atoms with Gasteiger partial charge in [0.05, 0.1) is 33.5 Å². The average Bonchev–Trinajstić information content (AvgIpc) is 3.28. The standard InChI is InChI=1S/C20H18O4.3C7H8O2.C6H4Br2.ClH.Cu.3K.H2O/c1-22-16-6-3-8-18(12-16)24-20-10-4-9-19(13-20)23-17-7-2-5-15(11-17)14-21;3*8-5-6-2-1-3-7(9)4-6;7-5-2-1-3-6(8)4-5;;;;;;/h2-13,21H,14H2,1H3;3*1-4,8-9H,5H2;1-4H;1H;;;;;1H2/q;;;;;;4*+1;/p-4. The molecule has 0 bridgehead atoms. The number of hydrogen-bond acceptors (Lipinski definition) is 11. The summed E-state index contributed by atoms with van der Waals surface area (Å²) in [6.45, 7) is -0.156. The van der Waals surface area contributed by atoms with Crippen molar-refractivity contribution >= 4 is 42.0 Å². The Hall–Kier alpha value is -0.181. The van der Waals surface area contributed by atoms with Crippen molar-refractivity contribution in [1.29, 1.82) is 0 Å². The molecule has 18 heteroatoms. The Morgan fingerprint density at radius 3 is 1.08 bits per heavy atom. The largest absolute Gasteiger partial charge is 1.00 e. The molecule has 7 rings (SSSR count). The maximum absolute atomic E-state index is 10.5. The van der Waals surface area contributed by atoms with Gasteiger partial charge in [0.25, 0.3) is 0 Å². The predicted octanol–water partition coefficient (Wildman–Crippen LogP) is 0.895. The summed E-state index contributed by atoms with van der Waals surface area (Å²) in [5.74, 6) is 3.50. The van der Waals surface area contributed by atoms with Gasteiger partial charge in [-0.25, -0.2) is 0 Å². The molecule has 0 saturated heterocycles. The molecule has 11 nitrogen and oxygen atoms in total. The van der Waals surface area contributed by atoms with Crippen LogP contribution in [0.15, 0.2) is 179 Å². The fourth-order valence-electron chi connectivity index (χ4n) is 4.65. The summed E-state index contributed by atoms with van der Waals surface area (Å²) in [5, 5.41) is 64.7. The van der Waals surface area contributed by atoms with Crippen LogP contribution >= 0.6 is 42.0 Å². The molecule has 7 aromatic carbocycles. The van der Waals surface area contributed by atoms with Gasteiger partial charge < -0.3 is 55.4 Å². The number of rotatable bonds is 9. The van der Waals surface area contributed by atoms with Crippen LogP contribution in [0.5, 0.6) is 46.0 Å². The van der Waals surface area contributed by atoms with E-state index in [0.717, 1.165) is 25.8 Å². The third kappa shape index (κ3) is 31.6. The molecule has 7 aromatic rings. The Morgan fingerprint density at radius 2 is 0.754 bits per heavy atom. The summed E-state index contributed by atoms with van der Waals surface area (Å²) < 4.78 is 19.1. The van der Waals surface area contributed by atoms with Gasteiger partial charge in [-0.2, -0.15) is 0 Å². The van der Waals surface area contributed by atoms with E-state index in [1.54, 1.807) is 55.6 Å².